The highest BCUT2D eigenvalue weighted by Gasteiger charge is 2.19. The fourth-order valence-electron chi connectivity index (χ4n) is 8.72. The zero-order chi connectivity index (χ0) is 39.6. The lowest BCUT2D eigenvalue weighted by Gasteiger charge is -2.13. The SMILES string of the molecule is c1ccc(-c2ccc(-c3nc(-c4cccc(-c5cccc(-n6c7ccccc7c7ccccc76)c5)c4)nc(-c4cc5c(cn4)oc4ccccc45)n3)c3ccccc23)cc1. The van der Waals surface area contributed by atoms with Gasteiger partial charge in [0.05, 0.1) is 17.2 Å². The van der Waals surface area contributed by atoms with E-state index < -0.39 is 0 Å². The van der Waals surface area contributed by atoms with Gasteiger partial charge < -0.3 is 8.98 Å². The normalized spacial score (nSPS) is 11.7. The van der Waals surface area contributed by atoms with Gasteiger partial charge in [0.15, 0.2) is 23.1 Å². The Bertz CT molecular complexity index is 3570. The maximum atomic E-state index is 6.14. The van der Waals surface area contributed by atoms with Crippen LogP contribution in [-0.4, -0.2) is 24.5 Å². The average Bonchev–Trinajstić information content (AvgIpc) is 3.87. The van der Waals surface area contributed by atoms with E-state index >= 15 is 0 Å². The first-order valence-electron chi connectivity index (χ1n) is 20.0. The lowest BCUT2D eigenvalue weighted by molar-refractivity contribution is 0.667. The van der Waals surface area contributed by atoms with Crippen molar-refractivity contribution < 1.29 is 4.42 Å². The van der Waals surface area contributed by atoms with E-state index in [1.807, 2.05) is 30.3 Å². The average molecular weight is 768 g/mol. The Labute approximate surface area is 344 Å². The summed E-state index contributed by atoms with van der Waals surface area (Å²) in [5, 5.41) is 6.63. The van der Waals surface area contributed by atoms with Crippen LogP contribution in [-0.2, 0) is 0 Å². The van der Waals surface area contributed by atoms with Gasteiger partial charge in [0.1, 0.15) is 11.3 Å². The smallest absolute Gasteiger partial charge is 0.182 e. The van der Waals surface area contributed by atoms with Crippen LogP contribution in [0.3, 0.4) is 0 Å². The van der Waals surface area contributed by atoms with E-state index in [1.165, 1.54) is 21.8 Å². The zero-order valence-electron chi connectivity index (χ0n) is 32.2. The molecule has 0 N–H and O–H groups in total. The lowest BCUT2D eigenvalue weighted by atomic mass is 9.94. The van der Waals surface area contributed by atoms with Crippen molar-refractivity contribution in [3.05, 3.63) is 200 Å². The van der Waals surface area contributed by atoms with Crippen LogP contribution < -0.4 is 0 Å². The van der Waals surface area contributed by atoms with E-state index in [0.29, 0.717) is 28.8 Å². The van der Waals surface area contributed by atoms with Gasteiger partial charge in [-0.3, -0.25) is 0 Å². The molecule has 0 spiro atoms. The molecule has 12 rings (SSSR count). The molecule has 0 atom stereocenters. The van der Waals surface area contributed by atoms with Crippen LogP contribution in [0.15, 0.2) is 205 Å². The molecule has 0 aliphatic carbocycles. The van der Waals surface area contributed by atoms with Crippen molar-refractivity contribution >= 4 is 54.5 Å². The number of nitrogens with zero attached hydrogens (tertiary/aromatic N) is 5. The van der Waals surface area contributed by atoms with E-state index in [-0.39, 0.29) is 0 Å². The van der Waals surface area contributed by atoms with E-state index in [1.54, 1.807) is 6.20 Å². The molecule has 60 heavy (non-hydrogen) atoms. The van der Waals surface area contributed by atoms with Gasteiger partial charge in [-0.2, -0.15) is 0 Å². The highest BCUT2D eigenvalue weighted by molar-refractivity contribution is 6.09. The first-order valence-corrected chi connectivity index (χ1v) is 20.0. The molecule has 4 heterocycles. The number of rotatable bonds is 6. The molecule has 0 amide bonds. The molecule has 280 valence electrons. The fourth-order valence-corrected chi connectivity index (χ4v) is 8.72. The Morgan fingerprint density at radius 3 is 1.70 bits per heavy atom. The summed E-state index contributed by atoms with van der Waals surface area (Å²) in [5.74, 6) is 1.62. The van der Waals surface area contributed by atoms with Crippen molar-refractivity contribution in [3.63, 3.8) is 0 Å². The molecular weight excluding hydrogens is 735 g/mol. The van der Waals surface area contributed by atoms with Crippen molar-refractivity contribution in [1.29, 1.82) is 0 Å². The van der Waals surface area contributed by atoms with Gasteiger partial charge in [0.2, 0.25) is 0 Å². The van der Waals surface area contributed by atoms with Crippen molar-refractivity contribution in [2.75, 3.05) is 0 Å². The Morgan fingerprint density at radius 1 is 0.350 bits per heavy atom. The summed E-state index contributed by atoms with van der Waals surface area (Å²) in [4.78, 5) is 20.4. The van der Waals surface area contributed by atoms with Gasteiger partial charge in [-0.15, -0.1) is 0 Å². The van der Waals surface area contributed by atoms with Gasteiger partial charge in [0, 0.05) is 38.4 Å². The van der Waals surface area contributed by atoms with Crippen molar-refractivity contribution in [3.8, 4) is 62.2 Å². The highest BCUT2D eigenvalue weighted by atomic mass is 16.3. The van der Waals surface area contributed by atoms with E-state index in [9.17, 15) is 0 Å². The molecular formula is C54H33N5O. The highest BCUT2D eigenvalue weighted by Crippen LogP contribution is 2.38. The van der Waals surface area contributed by atoms with Crippen LogP contribution in [0.1, 0.15) is 0 Å². The molecule has 0 aliphatic rings. The second-order valence-electron chi connectivity index (χ2n) is 15.0. The molecule has 0 saturated carbocycles. The lowest BCUT2D eigenvalue weighted by Crippen LogP contribution is -2.02. The predicted octanol–water partition coefficient (Wildman–Crippen LogP) is 13.8. The molecule has 0 aliphatic heterocycles. The van der Waals surface area contributed by atoms with Crippen LogP contribution in [0, 0.1) is 0 Å². The Morgan fingerprint density at radius 2 is 0.917 bits per heavy atom. The first kappa shape index (κ1) is 33.9. The van der Waals surface area contributed by atoms with Gasteiger partial charge >= 0.3 is 0 Å². The number of fused-ring (bicyclic) bond motifs is 7. The molecule has 0 radical (unpaired) electrons. The molecule has 8 aromatic carbocycles. The summed E-state index contributed by atoms with van der Waals surface area (Å²) in [6.07, 6.45) is 1.77. The maximum Gasteiger partial charge on any atom is 0.182 e. The molecule has 0 saturated heterocycles. The van der Waals surface area contributed by atoms with Crippen LogP contribution in [0.4, 0.5) is 0 Å². The number of furan rings is 1. The van der Waals surface area contributed by atoms with Gasteiger partial charge in [-0.25, -0.2) is 19.9 Å². The Hall–Kier alpha value is -8.22. The third kappa shape index (κ3) is 5.57. The molecule has 0 fully saturated rings. The summed E-state index contributed by atoms with van der Waals surface area (Å²) in [7, 11) is 0. The topological polar surface area (TPSA) is 69.6 Å². The van der Waals surface area contributed by atoms with Crippen LogP contribution >= 0.6 is 0 Å². The van der Waals surface area contributed by atoms with Crippen LogP contribution in [0.25, 0.3) is 117 Å². The van der Waals surface area contributed by atoms with E-state index in [2.05, 4.69) is 168 Å². The van der Waals surface area contributed by atoms with Gasteiger partial charge in [0.25, 0.3) is 0 Å². The summed E-state index contributed by atoms with van der Waals surface area (Å²) in [5.41, 5.74) is 11.9. The molecule has 0 unspecified atom stereocenters. The summed E-state index contributed by atoms with van der Waals surface area (Å²) >= 11 is 0. The van der Waals surface area contributed by atoms with Crippen molar-refractivity contribution in [2.45, 2.75) is 0 Å². The first-order chi connectivity index (χ1) is 29.7. The van der Waals surface area contributed by atoms with Crippen molar-refractivity contribution in [1.82, 2.24) is 24.5 Å². The number of benzene rings is 8. The Balaban J connectivity index is 1.03. The standard InChI is InChI=1S/C54H33N5O/c1-2-14-34(15-3-1)39-28-29-45(41-21-5-4-20-40(39)41)53-56-52(57-54(58-53)47-32-46-44-24-8-11-27-50(44)60-51(46)33-55-47)37-18-12-16-35(30-37)36-17-13-19-38(31-36)59-48-25-9-6-22-42(48)43-23-7-10-26-49(43)59/h1-33H. The van der Waals surface area contributed by atoms with E-state index in [0.717, 1.165) is 66.2 Å². The monoisotopic (exact) mass is 767 g/mol. The number of hydrogen-bond donors (Lipinski definition) is 0. The predicted molar refractivity (Wildman–Crippen MR) is 244 cm³/mol. The zero-order valence-corrected chi connectivity index (χ0v) is 32.2. The van der Waals surface area contributed by atoms with Crippen LogP contribution in [0.5, 0.6) is 0 Å². The maximum absolute atomic E-state index is 6.14. The quantitative estimate of drug-likeness (QED) is 0.168. The third-order valence-corrected chi connectivity index (χ3v) is 11.5. The summed E-state index contributed by atoms with van der Waals surface area (Å²) in [6, 6.07) is 67.7. The number of aromatic nitrogens is 5. The van der Waals surface area contributed by atoms with E-state index in [4.69, 9.17) is 24.4 Å². The largest absolute Gasteiger partial charge is 0.454 e. The fraction of sp³-hybridized carbons (Fsp3) is 0. The Kier molecular flexibility index (Phi) is 7.74. The summed E-state index contributed by atoms with van der Waals surface area (Å²) in [6.45, 7) is 0. The molecule has 12 aromatic rings. The van der Waals surface area contributed by atoms with Crippen molar-refractivity contribution in [2.24, 2.45) is 0 Å². The molecule has 4 aromatic heterocycles. The third-order valence-electron chi connectivity index (χ3n) is 11.5. The molecule has 6 heteroatoms. The number of hydrogen-bond acceptors (Lipinski definition) is 5. The number of para-hydroxylation sites is 3. The summed E-state index contributed by atoms with van der Waals surface area (Å²) < 4.78 is 8.49. The second-order valence-corrected chi connectivity index (χ2v) is 15.0. The minimum Gasteiger partial charge on any atom is -0.454 e. The minimum absolute atomic E-state index is 0.483. The molecule has 0 bridgehead atoms. The molecule has 6 nitrogen and oxygen atoms in total. The van der Waals surface area contributed by atoms with Gasteiger partial charge in [-0.1, -0.05) is 146 Å². The number of pyridine rings is 1. The minimum atomic E-state index is 0.483. The second kappa shape index (κ2) is 13.7. The van der Waals surface area contributed by atoms with Gasteiger partial charge in [-0.05, 0) is 81.6 Å². The van der Waals surface area contributed by atoms with Crippen LogP contribution in [0.2, 0.25) is 0 Å².